The normalized spacial score (nSPS) is 13.1. The fourth-order valence-corrected chi connectivity index (χ4v) is 7.09. The summed E-state index contributed by atoms with van der Waals surface area (Å²) in [6.45, 7) is 0. The number of fused-ring (bicyclic) bond motifs is 1. The maximum Gasteiger partial charge on any atom is 0.340 e. The lowest BCUT2D eigenvalue weighted by Gasteiger charge is -2.34. The quantitative estimate of drug-likeness (QED) is 0.181. The average Bonchev–Trinajstić information content (AvgIpc) is 3.45. The molecule has 4 nitrogen and oxygen atoms in total. The van der Waals surface area contributed by atoms with E-state index in [1.165, 1.54) is 0 Å². The summed E-state index contributed by atoms with van der Waals surface area (Å²) in [7, 11) is 0. The minimum Gasteiger partial charge on any atom is -0.508 e. The summed E-state index contributed by atoms with van der Waals surface area (Å²) in [6, 6.07) is 54.3. The van der Waals surface area contributed by atoms with Crippen LogP contribution >= 0.6 is 0 Å². The van der Waals surface area contributed by atoms with Gasteiger partial charge < -0.3 is 14.9 Å². The molecule has 0 radical (unpaired) electrons. The van der Waals surface area contributed by atoms with Crippen LogP contribution in [-0.2, 0) is 10.3 Å². The zero-order valence-corrected chi connectivity index (χ0v) is 25.9. The van der Waals surface area contributed by atoms with Gasteiger partial charge in [0, 0.05) is 22.3 Å². The Kier molecular flexibility index (Phi) is 7.11. The van der Waals surface area contributed by atoms with Gasteiger partial charge in [0.2, 0.25) is 0 Å². The number of phenols is 2. The van der Waals surface area contributed by atoms with Crippen LogP contribution in [0.3, 0.4) is 0 Å². The Morgan fingerprint density at radius 1 is 0.375 bits per heavy atom. The van der Waals surface area contributed by atoms with E-state index in [-0.39, 0.29) is 11.5 Å². The van der Waals surface area contributed by atoms with Crippen LogP contribution in [0.4, 0.5) is 0 Å². The van der Waals surface area contributed by atoms with Crippen molar-refractivity contribution in [3.05, 3.63) is 192 Å². The minimum absolute atomic E-state index is 0.0989. The Morgan fingerprint density at radius 2 is 0.688 bits per heavy atom. The van der Waals surface area contributed by atoms with E-state index in [9.17, 15) is 15.0 Å². The second-order valence-electron chi connectivity index (χ2n) is 11.9. The molecule has 230 valence electrons. The van der Waals surface area contributed by atoms with Crippen LogP contribution in [0.15, 0.2) is 170 Å². The average molecular weight is 623 g/mol. The van der Waals surface area contributed by atoms with Crippen molar-refractivity contribution in [2.45, 2.75) is 5.60 Å². The molecule has 48 heavy (non-hydrogen) atoms. The van der Waals surface area contributed by atoms with Crippen LogP contribution in [0.2, 0.25) is 0 Å². The van der Waals surface area contributed by atoms with Gasteiger partial charge in [0.1, 0.15) is 11.5 Å². The third kappa shape index (κ3) is 4.66. The molecule has 0 atom stereocenters. The third-order valence-electron chi connectivity index (χ3n) is 9.10. The summed E-state index contributed by atoms with van der Waals surface area (Å²) < 4.78 is 6.78. The fraction of sp³-hybridized carbons (Fsp3) is 0.0227. The van der Waals surface area contributed by atoms with Crippen molar-refractivity contribution in [2.24, 2.45) is 0 Å². The zero-order chi connectivity index (χ0) is 32.7. The van der Waals surface area contributed by atoms with E-state index in [2.05, 4.69) is 36.4 Å². The Hall–Kier alpha value is -6.39. The Labute approximate surface area is 278 Å². The van der Waals surface area contributed by atoms with E-state index >= 15 is 0 Å². The Balaban J connectivity index is 1.67. The number of hydrogen-bond acceptors (Lipinski definition) is 4. The van der Waals surface area contributed by atoms with Crippen molar-refractivity contribution in [1.29, 1.82) is 0 Å². The number of carbonyl (C=O) groups excluding carboxylic acids is 1. The van der Waals surface area contributed by atoms with E-state index in [4.69, 9.17) is 4.74 Å². The minimum atomic E-state index is -1.43. The second kappa shape index (κ2) is 11.8. The van der Waals surface area contributed by atoms with E-state index in [0.29, 0.717) is 22.3 Å². The number of aromatic hydroxyl groups is 2. The third-order valence-corrected chi connectivity index (χ3v) is 9.10. The zero-order valence-electron chi connectivity index (χ0n) is 25.9. The van der Waals surface area contributed by atoms with Crippen LogP contribution in [0.25, 0.3) is 44.5 Å². The van der Waals surface area contributed by atoms with Gasteiger partial charge in [0.15, 0.2) is 5.60 Å². The largest absolute Gasteiger partial charge is 0.508 e. The van der Waals surface area contributed by atoms with Gasteiger partial charge in [0.05, 0.1) is 5.56 Å². The first-order valence-corrected chi connectivity index (χ1v) is 15.8. The van der Waals surface area contributed by atoms with Crippen LogP contribution in [0, 0.1) is 0 Å². The molecule has 7 aromatic rings. The van der Waals surface area contributed by atoms with E-state index in [1.54, 1.807) is 48.5 Å². The topological polar surface area (TPSA) is 66.8 Å². The predicted octanol–water partition coefficient (Wildman–Crippen LogP) is 10.2. The van der Waals surface area contributed by atoms with E-state index in [1.807, 2.05) is 84.9 Å². The lowest BCUT2D eigenvalue weighted by Crippen LogP contribution is -2.30. The van der Waals surface area contributed by atoms with Gasteiger partial charge in [0.25, 0.3) is 0 Å². The first-order chi connectivity index (χ1) is 23.6. The van der Waals surface area contributed by atoms with Gasteiger partial charge >= 0.3 is 5.97 Å². The van der Waals surface area contributed by atoms with Gasteiger partial charge in [-0.15, -0.1) is 0 Å². The molecule has 1 aliphatic heterocycles. The number of ether oxygens (including phenoxy) is 1. The summed E-state index contributed by atoms with van der Waals surface area (Å²) in [5.41, 5.74) is 8.37. The molecule has 0 saturated heterocycles. The van der Waals surface area contributed by atoms with Gasteiger partial charge in [-0.25, -0.2) is 4.79 Å². The van der Waals surface area contributed by atoms with Crippen molar-refractivity contribution in [2.75, 3.05) is 0 Å². The van der Waals surface area contributed by atoms with Crippen LogP contribution in [0.1, 0.15) is 27.0 Å². The van der Waals surface area contributed by atoms with Crippen molar-refractivity contribution >= 4 is 5.97 Å². The van der Waals surface area contributed by atoms with Crippen LogP contribution in [0.5, 0.6) is 11.5 Å². The highest BCUT2D eigenvalue weighted by atomic mass is 16.6. The monoisotopic (exact) mass is 622 g/mol. The number of hydrogen-bond donors (Lipinski definition) is 2. The summed E-state index contributed by atoms with van der Waals surface area (Å²) in [5, 5.41) is 20.8. The lowest BCUT2D eigenvalue weighted by atomic mass is 9.70. The molecule has 0 aromatic heterocycles. The van der Waals surface area contributed by atoms with Crippen molar-refractivity contribution in [3.8, 4) is 56.0 Å². The highest BCUT2D eigenvalue weighted by molar-refractivity contribution is 6.15. The Morgan fingerprint density at radius 3 is 1.06 bits per heavy atom. The Bertz CT molecular complexity index is 2200. The SMILES string of the molecule is O=C1OC(c2ccc(O)cc2)(c2ccc(O)cc2)c2c1c(-c1ccccc1)c(-c1ccccc1)c(-c1ccccc1)c2-c1ccccc1. The molecule has 0 saturated carbocycles. The first kappa shape index (κ1) is 29.0. The predicted molar refractivity (Wildman–Crippen MR) is 190 cm³/mol. The molecule has 1 aliphatic rings. The molecule has 2 N–H and O–H groups in total. The summed E-state index contributed by atoms with van der Waals surface area (Å²) in [5.74, 6) is -0.261. The maximum atomic E-state index is 14.8. The highest BCUT2D eigenvalue weighted by Gasteiger charge is 2.53. The number of esters is 1. The number of rotatable bonds is 6. The summed E-state index contributed by atoms with van der Waals surface area (Å²) in [4.78, 5) is 14.8. The summed E-state index contributed by atoms with van der Waals surface area (Å²) >= 11 is 0. The molecule has 0 unspecified atom stereocenters. The molecular formula is C44H30O4. The molecule has 1 heterocycles. The molecule has 0 bridgehead atoms. The van der Waals surface area contributed by atoms with Gasteiger partial charge in [-0.3, -0.25) is 0 Å². The fourth-order valence-electron chi connectivity index (χ4n) is 7.09. The molecule has 8 rings (SSSR count). The summed E-state index contributed by atoms with van der Waals surface area (Å²) in [6.07, 6.45) is 0. The molecule has 0 aliphatic carbocycles. The molecule has 0 spiro atoms. The molecule has 0 amide bonds. The maximum absolute atomic E-state index is 14.8. The van der Waals surface area contributed by atoms with Gasteiger partial charge in [-0.2, -0.15) is 0 Å². The molecule has 0 fully saturated rings. The van der Waals surface area contributed by atoms with Crippen molar-refractivity contribution in [1.82, 2.24) is 0 Å². The van der Waals surface area contributed by atoms with Crippen LogP contribution in [-0.4, -0.2) is 16.2 Å². The van der Waals surface area contributed by atoms with Gasteiger partial charge in [-0.05, 0) is 63.2 Å². The second-order valence-corrected chi connectivity index (χ2v) is 11.9. The molecule has 4 heteroatoms. The highest BCUT2D eigenvalue weighted by Crippen LogP contribution is 2.59. The van der Waals surface area contributed by atoms with Crippen molar-refractivity contribution in [3.63, 3.8) is 0 Å². The van der Waals surface area contributed by atoms with E-state index in [0.717, 1.165) is 44.5 Å². The standard InChI is InChI=1S/C44H30O4/c45-35-25-21-33(22-26-35)44(34-23-27-36(46)28-24-34)42-40(32-19-11-4-12-20-32)38(30-15-7-2-8-16-30)37(29-13-5-1-6-14-29)39(41(42)43(47)48-44)31-17-9-3-10-18-31/h1-28,45-46H. The van der Waals surface area contributed by atoms with Crippen molar-refractivity contribution < 1.29 is 19.7 Å². The number of carbonyl (C=O) groups is 1. The number of phenolic OH excluding ortho intramolecular Hbond substituents is 2. The molecular weight excluding hydrogens is 592 g/mol. The van der Waals surface area contributed by atoms with E-state index < -0.39 is 11.6 Å². The first-order valence-electron chi connectivity index (χ1n) is 15.8. The number of benzene rings is 7. The lowest BCUT2D eigenvalue weighted by molar-refractivity contribution is 0.0253. The number of cyclic esters (lactones) is 1. The van der Waals surface area contributed by atoms with Gasteiger partial charge in [-0.1, -0.05) is 146 Å². The smallest absolute Gasteiger partial charge is 0.340 e. The molecule has 7 aromatic carbocycles. The van der Waals surface area contributed by atoms with Crippen LogP contribution < -0.4 is 0 Å².